The molecule has 0 spiro atoms. The predicted molar refractivity (Wildman–Crippen MR) is 40.1 cm³/mol. The van der Waals surface area contributed by atoms with E-state index in [4.69, 9.17) is 5.26 Å². The molecule has 1 heterocycles. The summed E-state index contributed by atoms with van der Waals surface area (Å²) in [6.07, 6.45) is 0.108. The minimum atomic E-state index is -1.84. The van der Waals surface area contributed by atoms with Crippen LogP contribution in [0.2, 0.25) is 0 Å². The van der Waals surface area contributed by atoms with Gasteiger partial charge in [0, 0.05) is 20.0 Å². The standard InChI is InChI=1S/C7H10FN3O/c1-10-6(12)11-3-2-7(8,4-9)5-11/h2-3,5H2,1H3,(H,10,12). The Morgan fingerprint density at radius 1 is 1.83 bits per heavy atom. The fourth-order valence-electron chi connectivity index (χ4n) is 1.20. The molecule has 1 saturated heterocycles. The Hall–Kier alpha value is -1.31. The highest BCUT2D eigenvalue weighted by Gasteiger charge is 2.40. The molecule has 4 nitrogen and oxygen atoms in total. The number of rotatable bonds is 0. The number of nitrogens with one attached hydrogen (secondary N) is 1. The smallest absolute Gasteiger partial charge is 0.317 e. The Balaban J connectivity index is 2.58. The molecule has 0 bridgehead atoms. The highest BCUT2D eigenvalue weighted by atomic mass is 19.1. The largest absolute Gasteiger partial charge is 0.341 e. The van der Waals surface area contributed by atoms with Gasteiger partial charge in [0.25, 0.3) is 0 Å². The van der Waals surface area contributed by atoms with Crippen LogP contribution in [0, 0.1) is 11.3 Å². The van der Waals surface area contributed by atoms with E-state index in [1.807, 2.05) is 0 Å². The highest BCUT2D eigenvalue weighted by Crippen LogP contribution is 2.24. The molecule has 1 aliphatic heterocycles. The molecule has 0 saturated carbocycles. The van der Waals surface area contributed by atoms with Crippen LogP contribution >= 0.6 is 0 Å². The summed E-state index contributed by atoms with van der Waals surface area (Å²) in [6.45, 7) is 0.187. The second-order valence-electron chi connectivity index (χ2n) is 2.80. The number of nitriles is 1. The SMILES string of the molecule is CNC(=O)N1CCC(F)(C#N)C1. The van der Waals surface area contributed by atoms with Crippen LogP contribution in [0.25, 0.3) is 0 Å². The van der Waals surface area contributed by atoms with E-state index >= 15 is 0 Å². The molecule has 66 valence electrons. The van der Waals surface area contributed by atoms with Crippen LogP contribution < -0.4 is 5.32 Å². The van der Waals surface area contributed by atoms with E-state index < -0.39 is 5.67 Å². The molecule has 1 rings (SSSR count). The number of alkyl halides is 1. The molecule has 0 aliphatic carbocycles. The number of carbonyl (C=O) groups is 1. The van der Waals surface area contributed by atoms with Crippen molar-refractivity contribution in [3.63, 3.8) is 0 Å². The van der Waals surface area contributed by atoms with Crippen molar-refractivity contribution >= 4 is 6.03 Å². The zero-order valence-electron chi connectivity index (χ0n) is 6.80. The first-order valence-electron chi connectivity index (χ1n) is 3.68. The summed E-state index contributed by atoms with van der Waals surface area (Å²) in [4.78, 5) is 12.3. The third-order valence-corrected chi connectivity index (χ3v) is 1.92. The molecular formula is C7H10FN3O. The van der Waals surface area contributed by atoms with Crippen molar-refractivity contribution in [2.24, 2.45) is 0 Å². The summed E-state index contributed by atoms with van der Waals surface area (Å²) >= 11 is 0. The molecule has 1 N–H and O–H groups in total. The van der Waals surface area contributed by atoms with Gasteiger partial charge in [-0.2, -0.15) is 5.26 Å². The number of hydrogen-bond donors (Lipinski definition) is 1. The lowest BCUT2D eigenvalue weighted by Crippen LogP contribution is -2.38. The number of hydrogen-bond acceptors (Lipinski definition) is 2. The molecule has 0 aromatic carbocycles. The van der Waals surface area contributed by atoms with Gasteiger partial charge in [-0.3, -0.25) is 0 Å². The molecule has 0 radical (unpaired) electrons. The van der Waals surface area contributed by atoms with Crippen molar-refractivity contribution < 1.29 is 9.18 Å². The lowest BCUT2D eigenvalue weighted by Gasteiger charge is -2.14. The second-order valence-corrected chi connectivity index (χ2v) is 2.80. The molecule has 5 heteroatoms. The van der Waals surface area contributed by atoms with E-state index in [1.165, 1.54) is 11.9 Å². The van der Waals surface area contributed by atoms with Crippen molar-refractivity contribution in [3.05, 3.63) is 0 Å². The summed E-state index contributed by atoms with van der Waals surface area (Å²) in [7, 11) is 1.48. The first-order chi connectivity index (χ1) is 5.61. The number of likely N-dealkylation sites (tertiary alicyclic amines) is 1. The quantitative estimate of drug-likeness (QED) is 0.568. The summed E-state index contributed by atoms with van der Waals surface area (Å²) in [6, 6.07) is 1.23. The average Bonchev–Trinajstić information content (AvgIpc) is 2.48. The Labute approximate surface area is 70.0 Å². The van der Waals surface area contributed by atoms with Crippen LogP contribution in [-0.4, -0.2) is 36.7 Å². The Morgan fingerprint density at radius 3 is 2.92 bits per heavy atom. The van der Waals surface area contributed by atoms with Gasteiger partial charge in [-0.05, 0) is 0 Å². The van der Waals surface area contributed by atoms with Gasteiger partial charge in [0.2, 0.25) is 5.67 Å². The van der Waals surface area contributed by atoms with Crippen molar-refractivity contribution in [2.75, 3.05) is 20.1 Å². The van der Waals surface area contributed by atoms with Crippen molar-refractivity contribution in [1.82, 2.24) is 10.2 Å². The van der Waals surface area contributed by atoms with E-state index in [-0.39, 0.29) is 19.0 Å². The Kier molecular flexibility index (Phi) is 2.18. The van der Waals surface area contributed by atoms with Gasteiger partial charge in [-0.15, -0.1) is 0 Å². The van der Waals surface area contributed by atoms with Gasteiger partial charge < -0.3 is 10.2 Å². The van der Waals surface area contributed by atoms with Crippen molar-refractivity contribution in [3.8, 4) is 6.07 Å². The van der Waals surface area contributed by atoms with Crippen molar-refractivity contribution in [2.45, 2.75) is 12.1 Å². The topological polar surface area (TPSA) is 56.1 Å². The van der Waals surface area contributed by atoms with Gasteiger partial charge in [0.1, 0.15) is 6.07 Å². The zero-order valence-corrected chi connectivity index (χ0v) is 6.80. The highest BCUT2D eigenvalue weighted by molar-refractivity contribution is 5.74. The molecule has 2 amide bonds. The van der Waals surface area contributed by atoms with Crippen LogP contribution in [0.5, 0.6) is 0 Å². The van der Waals surface area contributed by atoms with Crippen LogP contribution in [0.15, 0.2) is 0 Å². The molecule has 0 aromatic heterocycles. The summed E-state index contributed by atoms with van der Waals surface area (Å²) in [5.41, 5.74) is -1.84. The zero-order chi connectivity index (χ0) is 9.19. The van der Waals surface area contributed by atoms with E-state index in [9.17, 15) is 9.18 Å². The molecule has 1 fully saturated rings. The van der Waals surface area contributed by atoms with Gasteiger partial charge in [-0.25, -0.2) is 9.18 Å². The van der Waals surface area contributed by atoms with Crippen LogP contribution in [0.1, 0.15) is 6.42 Å². The molecule has 1 atom stereocenters. The number of halogens is 1. The van der Waals surface area contributed by atoms with Gasteiger partial charge >= 0.3 is 6.03 Å². The fourth-order valence-corrected chi connectivity index (χ4v) is 1.20. The van der Waals surface area contributed by atoms with Crippen LogP contribution in [0.4, 0.5) is 9.18 Å². The van der Waals surface area contributed by atoms with Crippen molar-refractivity contribution in [1.29, 1.82) is 5.26 Å². The third kappa shape index (κ3) is 1.47. The molecular weight excluding hydrogens is 161 g/mol. The summed E-state index contributed by atoms with van der Waals surface area (Å²) < 4.78 is 13.2. The lowest BCUT2D eigenvalue weighted by molar-refractivity contribution is 0.197. The number of amides is 2. The predicted octanol–water partition coefficient (Wildman–Crippen LogP) is 0.263. The van der Waals surface area contributed by atoms with Gasteiger partial charge in [0.15, 0.2) is 0 Å². The molecule has 1 aliphatic rings. The number of carbonyl (C=O) groups excluding carboxylic acids is 1. The second kappa shape index (κ2) is 2.97. The average molecular weight is 171 g/mol. The van der Waals surface area contributed by atoms with Gasteiger partial charge in [0.05, 0.1) is 6.54 Å². The lowest BCUT2D eigenvalue weighted by atomic mass is 10.1. The molecule has 12 heavy (non-hydrogen) atoms. The maximum absolute atomic E-state index is 13.2. The maximum atomic E-state index is 13.2. The third-order valence-electron chi connectivity index (χ3n) is 1.92. The molecule has 1 unspecified atom stereocenters. The molecule has 0 aromatic rings. The van der Waals surface area contributed by atoms with Crippen LogP contribution in [0.3, 0.4) is 0 Å². The van der Waals surface area contributed by atoms with E-state index in [2.05, 4.69) is 5.32 Å². The minimum Gasteiger partial charge on any atom is -0.341 e. The maximum Gasteiger partial charge on any atom is 0.317 e. The summed E-state index contributed by atoms with van der Waals surface area (Å²) in [5.74, 6) is 0. The fraction of sp³-hybridized carbons (Fsp3) is 0.714. The Bertz CT molecular complexity index is 237. The first kappa shape index (κ1) is 8.78. The van der Waals surface area contributed by atoms with Crippen LogP contribution in [-0.2, 0) is 0 Å². The van der Waals surface area contributed by atoms with E-state index in [0.29, 0.717) is 6.54 Å². The normalized spacial score (nSPS) is 28.2. The monoisotopic (exact) mass is 171 g/mol. The number of nitrogens with zero attached hydrogens (tertiary/aromatic N) is 2. The van der Waals surface area contributed by atoms with E-state index in [1.54, 1.807) is 6.07 Å². The van der Waals surface area contributed by atoms with E-state index in [0.717, 1.165) is 0 Å². The van der Waals surface area contributed by atoms with Gasteiger partial charge in [-0.1, -0.05) is 0 Å². The first-order valence-corrected chi connectivity index (χ1v) is 3.68. The summed E-state index contributed by atoms with van der Waals surface area (Å²) in [5, 5.41) is 10.8. The Morgan fingerprint density at radius 2 is 2.50 bits per heavy atom. The minimum absolute atomic E-state index is 0.108. The number of urea groups is 1.